The monoisotopic (exact) mass is 513 g/mol. The summed E-state index contributed by atoms with van der Waals surface area (Å²) >= 11 is 13.6. The first kappa shape index (κ1) is 25.8. The second-order valence-electron chi connectivity index (χ2n) is 7.65. The predicted octanol–water partition coefficient (Wildman–Crippen LogP) is 7.55. The van der Waals surface area contributed by atoms with E-state index < -0.39 is 5.91 Å². The number of thiazole rings is 1. The van der Waals surface area contributed by atoms with Gasteiger partial charge in [0.05, 0.1) is 6.61 Å². The molecule has 0 aliphatic carbocycles. The van der Waals surface area contributed by atoms with Crippen molar-refractivity contribution in [2.45, 2.75) is 39.0 Å². The molecule has 3 rings (SSSR count). The average Bonchev–Trinajstić information content (AvgIpc) is 3.27. The van der Waals surface area contributed by atoms with E-state index in [2.05, 4.69) is 17.2 Å². The van der Waals surface area contributed by atoms with Crippen LogP contribution in [0, 0.1) is 11.3 Å². The van der Waals surface area contributed by atoms with Gasteiger partial charge in [-0.05, 0) is 54.0 Å². The first-order valence-electron chi connectivity index (χ1n) is 11.0. The molecule has 1 heterocycles. The third-order valence-electron chi connectivity index (χ3n) is 4.97. The van der Waals surface area contributed by atoms with Crippen molar-refractivity contribution in [1.82, 2.24) is 4.98 Å². The molecule has 34 heavy (non-hydrogen) atoms. The highest BCUT2D eigenvalue weighted by Crippen LogP contribution is 2.27. The number of carbonyl (C=O) groups is 1. The fraction of sp³-hybridized carbons (Fsp3) is 0.269. The van der Waals surface area contributed by atoms with Crippen LogP contribution in [0.1, 0.15) is 48.6 Å². The molecule has 0 radical (unpaired) electrons. The molecule has 0 bridgehead atoms. The molecule has 5 nitrogen and oxygen atoms in total. The van der Waals surface area contributed by atoms with E-state index in [4.69, 9.17) is 27.9 Å². The van der Waals surface area contributed by atoms with Gasteiger partial charge in [0, 0.05) is 27.5 Å². The van der Waals surface area contributed by atoms with Crippen molar-refractivity contribution in [2.75, 3.05) is 11.9 Å². The Labute approximate surface area is 214 Å². The summed E-state index contributed by atoms with van der Waals surface area (Å²) in [7, 11) is 0. The molecule has 0 fully saturated rings. The van der Waals surface area contributed by atoms with Crippen LogP contribution in [0.2, 0.25) is 10.0 Å². The lowest BCUT2D eigenvalue weighted by Crippen LogP contribution is -2.13. The Kier molecular flexibility index (Phi) is 9.96. The van der Waals surface area contributed by atoms with Gasteiger partial charge in [-0.2, -0.15) is 5.26 Å². The number of halogens is 2. The number of nitrogens with zero attached hydrogens (tertiary/aromatic N) is 2. The molecule has 8 heteroatoms. The molecule has 1 amide bonds. The maximum Gasteiger partial charge on any atom is 0.268 e. The SMILES string of the molecule is CCCCCCOc1ccc(/C=C(\C#N)C(=O)Nc2ncc(Cc3cc(Cl)ccc3Cl)s2)cc1. The molecular weight excluding hydrogens is 489 g/mol. The van der Waals surface area contributed by atoms with Gasteiger partial charge < -0.3 is 4.74 Å². The highest BCUT2D eigenvalue weighted by molar-refractivity contribution is 7.15. The first-order chi connectivity index (χ1) is 16.5. The number of nitrogens with one attached hydrogen (secondary N) is 1. The Hall–Kier alpha value is -2.85. The lowest BCUT2D eigenvalue weighted by atomic mass is 10.1. The number of nitriles is 1. The van der Waals surface area contributed by atoms with E-state index in [1.807, 2.05) is 30.3 Å². The molecule has 1 aromatic heterocycles. The van der Waals surface area contributed by atoms with Gasteiger partial charge >= 0.3 is 0 Å². The molecule has 0 saturated heterocycles. The van der Waals surface area contributed by atoms with Crippen molar-refractivity contribution in [3.05, 3.63) is 80.3 Å². The summed E-state index contributed by atoms with van der Waals surface area (Å²) in [5.41, 5.74) is 1.60. The van der Waals surface area contributed by atoms with Gasteiger partial charge in [0.25, 0.3) is 5.91 Å². The average molecular weight is 514 g/mol. The zero-order valence-corrected chi connectivity index (χ0v) is 21.1. The van der Waals surface area contributed by atoms with Crippen LogP contribution >= 0.6 is 34.5 Å². The van der Waals surface area contributed by atoms with Crippen molar-refractivity contribution < 1.29 is 9.53 Å². The minimum absolute atomic E-state index is 0.0112. The molecule has 0 aliphatic heterocycles. The van der Waals surface area contributed by atoms with E-state index in [9.17, 15) is 10.1 Å². The van der Waals surface area contributed by atoms with Crippen LogP contribution in [0.25, 0.3) is 6.08 Å². The van der Waals surface area contributed by atoms with Crippen LogP contribution < -0.4 is 10.1 Å². The minimum Gasteiger partial charge on any atom is -0.494 e. The number of amides is 1. The van der Waals surface area contributed by atoms with Crippen LogP contribution in [0.3, 0.4) is 0 Å². The zero-order valence-electron chi connectivity index (χ0n) is 18.8. The van der Waals surface area contributed by atoms with Crippen molar-refractivity contribution in [2.24, 2.45) is 0 Å². The standard InChI is InChI=1S/C26H25Cl2N3O2S/c1-2-3-4-5-12-33-22-9-6-18(7-10-22)13-20(16-29)25(32)31-26-30-17-23(34-26)15-19-14-21(27)8-11-24(19)28/h6-11,13-14,17H,2-5,12,15H2,1H3,(H,30,31,32)/b20-13+. The lowest BCUT2D eigenvalue weighted by Gasteiger charge is -2.06. The predicted molar refractivity (Wildman–Crippen MR) is 140 cm³/mol. The summed E-state index contributed by atoms with van der Waals surface area (Å²) in [4.78, 5) is 17.8. The number of anilines is 1. The lowest BCUT2D eigenvalue weighted by molar-refractivity contribution is -0.112. The van der Waals surface area contributed by atoms with Crippen LogP contribution in [0.4, 0.5) is 5.13 Å². The van der Waals surface area contributed by atoms with Gasteiger partial charge in [0.2, 0.25) is 0 Å². The summed E-state index contributed by atoms with van der Waals surface area (Å²) in [5.74, 6) is 0.257. The third kappa shape index (κ3) is 7.88. The molecule has 2 aromatic carbocycles. The summed E-state index contributed by atoms with van der Waals surface area (Å²) < 4.78 is 5.74. The van der Waals surface area contributed by atoms with Gasteiger partial charge in [0.15, 0.2) is 5.13 Å². The largest absolute Gasteiger partial charge is 0.494 e. The van der Waals surface area contributed by atoms with Crippen molar-refractivity contribution in [3.63, 3.8) is 0 Å². The van der Waals surface area contributed by atoms with Crippen molar-refractivity contribution in [1.29, 1.82) is 5.26 Å². The molecule has 0 saturated carbocycles. The quantitative estimate of drug-likeness (QED) is 0.163. The Morgan fingerprint density at radius 2 is 1.97 bits per heavy atom. The van der Waals surface area contributed by atoms with E-state index >= 15 is 0 Å². The van der Waals surface area contributed by atoms with E-state index in [0.717, 1.165) is 34.6 Å². The van der Waals surface area contributed by atoms with Crippen LogP contribution in [-0.2, 0) is 11.2 Å². The van der Waals surface area contributed by atoms with E-state index in [0.29, 0.717) is 28.2 Å². The highest BCUT2D eigenvalue weighted by atomic mass is 35.5. The number of benzene rings is 2. The van der Waals surface area contributed by atoms with Gasteiger partial charge in [-0.3, -0.25) is 10.1 Å². The molecule has 176 valence electrons. The molecule has 0 atom stereocenters. The summed E-state index contributed by atoms with van der Waals surface area (Å²) in [5, 5.41) is 13.8. The maximum atomic E-state index is 12.6. The highest BCUT2D eigenvalue weighted by Gasteiger charge is 2.13. The third-order valence-corrected chi connectivity index (χ3v) is 6.49. The van der Waals surface area contributed by atoms with Crippen LogP contribution in [0.15, 0.2) is 54.2 Å². The van der Waals surface area contributed by atoms with Gasteiger partial charge in [-0.25, -0.2) is 4.98 Å². The molecular formula is C26H25Cl2N3O2S. The second kappa shape index (κ2) is 13.1. The number of hydrogen-bond donors (Lipinski definition) is 1. The Bertz CT molecular complexity index is 1180. The fourth-order valence-electron chi connectivity index (χ4n) is 3.17. The molecule has 3 aromatic rings. The molecule has 0 aliphatic rings. The summed E-state index contributed by atoms with van der Waals surface area (Å²) in [6.07, 6.45) is 8.35. The minimum atomic E-state index is -0.513. The van der Waals surface area contributed by atoms with Gasteiger partial charge in [-0.15, -0.1) is 11.3 Å². The zero-order chi connectivity index (χ0) is 24.3. The van der Waals surface area contributed by atoms with Crippen LogP contribution in [-0.4, -0.2) is 17.5 Å². The van der Waals surface area contributed by atoms with E-state index in [-0.39, 0.29) is 5.57 Å². The molecule has 0 spiro atoms. The van der Waals surface area contributed by atoms with E-state index in [1.54, 1.807) is 30.5 Å². The second-order valence-corrected chi connectivity index (χ2v) is 9.61. The van der Waals surface area contributed by atoms with Crippen molar-refractivity contribution >= 4 is 51.7 Å². The number of hydrogen-bond acceptors (Lipinski definition) is 5. The summed E-state index contributed by atoms with van der Waals surface area (Å²) in [6.45, 7) is 2.86. The number of aromatic nitrogens is 1. The van der Waals surface area contributed by atoms with Crippen molar-refractivity contribution in [3.8, 4) is 11.8 Å². The normalized spacial score (nSPS) is 11.2. The number of ether oxygens (including phenoxy) is 1. The molecule has 0 unspecified atom stereocenters. The summed E-state index contributed by atoms with van der Waals surface area (Å²) in [6, 6.07) is 14.6. The Morgan fingerprint density at radius 3 is 2.71 bits per heavy atom. The fourth-order valence-corrected chi connectivity index (χ4v) is 4.38. The van der Waals surface area contributed by atoms with E-state index in [1.165, 1.54) is 24.2 Å². The number of unbranched alkanes of at least 4 members (excludes halogenated alkanes) is 3. The number of rotatable bonds is 11. The Balaban J connectivity index is 1.58. The molecule has 1 N–H and O–H groups in total. The maximum absolute atomic E-state index is 12.6. The first-order valence-corrected chi connectivity index (χ1v) is 12.6. The topological polar surface area (TPSA) is 75.0 Å². The Morgan fingerprint density at radius 1 is 1.18 bits per heavy atom. The van der Waals surface area contributed by atoms with Crippen LogP contribution in [0.5, 0.6) is 5.75 Å². The number of carbonyl (C=O) groups excluding carboxylic acids is 1. The van der Waals surface area contributed by atoms with Gasteiger partial charge in [-0.1, -0.05) is 61.5 Å². The smallest absolute Gasteiger partial charge is 0.268 e. The van der Waals surface area contributed by atoms with Gasteiger partial charge in [0.1, 0.15) is 17.4 Å².